The lowest BCUT2D eigenvalue weighted by atomic mass is 10.1. The van der Waals surface area contributed by atoms with Gasteiger partial charge in [-0.15, -0.1) is 11.3 Å². The zero-order valence-corrected chi connectivity index (χ0v) is 18.9. The molecule has 2 aromatic rings. The lowest BCUT2D eigenvalue weighted by Gasteiger charge is -2.28. The Labute approximate surface area is 195 Å². The number of hydrogen-bond acceptors (Lipinski definition) is 6. The second-order valence-corrected chi connectivity index (χ2v) is 8.58. The summed E-state index contributed by atoms with van der Waals surface area (Å²) in [4.78, 5) is 49.0. The third-order valence-electron chi connectivity index (χ3n) is 5.62. The van der Waals surface area contributed by atoms with Crippen LogP contribution in [-0.2, 0) is 4.79 Å². The summed E-state index contributed by atoms with van der Waals surface area (Å²) in [6, 6.07) is 0.938. The van der Waals surface area contributed by atoms with E-state index in [4.69, 9.17) is 0 Å². The smallest absolute Gasteiger partial charge is 0.331 e. The maximum atomic E-state index is 13.2. The molecule has 0 radical (unpaired) electrons. The number of urea groups is 1. The zero-order valence-electron chi connectivity index (χ0n) is 18.1. The van der Waals surface area contributed by atoms with Crippen molar-refractivity contribution >= 4 is 57.0 Å². The van der Waals surface area contributed by atoms with Gasteiger partial charge in [0.2, 0.25) is 5.91 Å². The van der Waals surface area contributed by atoms with Crippen LogP contribution in [0.1, 0.15) is 35.9 Å². The lowest BCUT2D eigenvalue weighted by molar-refractivity contribution is -0.117. The van der Waals surface area contributed by atoms with Gasteiger partial charge in [0, 0.05) is 24.5 Å². The Morgan fingerprint density at radius 1 is 1.27 bits per heavy atom. The van der Waals surface area contributed by atoms with Crippen LogP contribution in [0.25, 0.3) is 10.2 Å². The molecule has 1 fully saturated rings. The average molecular weight is 465 g/mol. The van der Waals surface area contributed by atoms with Crippen molar-refractivity contribution in [2.75, 3.05) is 10.2 Å². The zero-order chi connectivity index (χ0) is 23.5. The van der Waals surface area contributed by atoms with Crippen LogP contribution in [-0.4, -0.2) is 41.1 Å². The highest BCUT2D eigenvalue weighted by molar-refractivity contribution is 7.21. The molecule has 0 aromatic carbocycles. The Morgan fingerprint density at radius 3 is 2.73 bits per heavy atom. The molecule has 3 heterocycles. The standard InChI is InChI=1S/C23H24N6O3S/c1-4-13(12-24-6-3)29-16-10-11-25-22-18(16)19(28-23(29)32)20(33-22)21(31)27-15-9-7-8-14(15)26-17(30)5-2/h4-6,10-12,14-15H,1-2,7-9H2,3H3,(H,26,30)(H,27,31)(H,28,32)/b13-12+,24-6-/t14-,15+/m1/s1. The minimum atomic E-state index is -0.420. The average Bonchev–Trinajstić information content (AvgIpc) is 3.40. The first-order valence-electron chi connectivity index (χ1n) is 10.5. The number of aromatic nitrogens is 1. The Bertz CT molecular complexity index is 1210. The summed E-state index contributed by atoms with van der Waals surface area (Å²) in [6.45, 7) is 9.05. The Kier molecular flexibility index (Phi) is 6.36. The first kappa shape index (κ1) is 22.4. The van der Waals surface area contributed by atoms with E-state index in [1.54, 1.807) is 37.7 Å². The summed E-state index contributed by atoms with van der Waals surface area (Å²) >= 11 is 1.21. The summed E-state index contributed by atoms with van der Waals surface area (Å²) in [7, 11) is 0. The number of nitrogens with one attached hydrogen (secondary N) is 3. The molecule has 0 saturated heterocycles. The van der Waals surface area contributed by atoms with Crippen molar-refractivity contribution in [3.05, 3.63) is 54.3 Å². The number of carbonyl (C=O) groups excluding carboxylic acids is 3. The Morgan fingerprint density at radius 2 is 2.03 bits per heavy atom. The Balaban J connectivity index is 1.68. The topological polar surface area (TPSA) is 116 Å². The van der Waals surface area contributed by atoms with E-state index in [2.05, 4.69) is 39.1 Å². The number of anilines is 2. The molecule has 2 aromatic heterocycles. The first-order valence-corrected chi connectivity index (χ1v) is 11.4. The van der Waals surface area contributed by atoms with Crippen LogP contribution >= 0.6 is 11.3 Å². The SMILES string of the molecule is C=CC(=O)N[C@@H]1CCC[C@@H]1NC(=O)c1sc2nccc3c2c1NC(=O)N3/C(C=C)=C/N=C\C. The van der Waals surface area contributed by atoms with E-state index in [0.717, 1.165) is 19.3 Å². The summed E-state index contributed by atoms with van der Waals surface area (Å²) < 4.78 is 0. The van der Waals surface area contributed by atoms with Crippen molar-refractivity contribution in [1.82, 2.24) is 15.6 Å². The van der Waals surface area contributed by atoms with Gasteiger partial charge in [-0.25, -0.2) is 9.78 Å². The molecule has 4 amide bonds. The molecule has 2 aliphatic rings. The molecule has 1 aliphatic carbocycles. The van der Waals surface area contributed by atoms with Gasteiger partial charge < -0.3 is 16.0 Å². The second-order valence-electron chi connectivity index (χ2n) is 7.58. The molecule has 4 rings (SSSR count). The fourth-order valence-electron chi connectivity index (χ4n) is 4.13. The quantitative estimate of drug-likeness (QED) is 0.329. The van der Waals surface area contributed by atoms with Crippen LogP contribution in [0.2, 0.25) is 0 Å². The minimum Gasteiger partial charge on any atom is -0.348 e. The fourth-order valence-corrected chi connectivity index (χ4v) is 5.16. The molecule has 2 atom stereocenters. The first-order chi connectivity index (χ1) is 16.0. The van der Waals surface area contributed by atoms with E-state index in [1.807, 2.05) is 0 Å². The van der Waals surface area contributed by atoms with Gasteiger partial charge in [0.25, 0.3) is 5.91 Å². The van der Waals surface area contributed by atoms with Crippen molar-refractivity contribution in [3.8, 4) is 0 Å². The maximum absolute atomic E-state index is 13.2. The summed E-state index contributed by atoms with van der Waals surface area (Å²) in [5.41, 5.74) is 1.53. The fraction of sp³-hybridized carbons (Fsp3) is 0.261. The van der Waals surface area contributed by atoms with E-state index >= 15 is 0 Å². The largest absolute Gasteiger partial charge is 0.348 e. The van der Waals surface area contributed by atoms with Crippen molar-refractivity contribution in [1.29, 1.82) is 0 Å². The highest BCUT2D eigenvalue weighted by Crippen LogP contribution is 2.44. The number of amides is 4. The predicted molar refractivity (Wildman–Crippen MR) is 131 cm³/mol. The molecule has 9 nitrogen and oxygen atoms in total. The van der Waals surface area contributed by atoms with E-state index in [0.29, 0.717) is 32.2 Å². The number of aliphatic imine (C=N–C) groups is 1. The van der Waals surface area contributed by atoms with Crippen LogP contribution in [0, 0.1) is 0 Å². The van der Waals surface area contributed by atoms with Crippen LogP contribution in [0.4, 0.5) is 16.2 Å². The molecular formula is C23H24N6O3S. The Hall–Kier alpha value is -3.79. The number of thiophene rings is 1. The van der Waals surface area contributed by atoms with Crippen LogP contribution < -0.4 is 20.9 Å². The summed E-state index contributed by atoms with van der Waals surface area (Å²) in [5.74, 6) is -0.578. The van der Waals surface area contributed by atoms with E-state index in [-0.39, 0.29) is 23.9 Å². The minimum absolute atomic E-state index is 0.164. The number of hydrogen-bond donors (Lipinski definition) is 3. The molecule has 33 heavy (non-hydrogen) atoms. The predicted octanol–water partition coefficient (Wildman–Crippen LogP) is 3.72. The van der Waals surface area contributed by atoms with Gasteiger partial charge >= 0.3 is 6.03 Å². The van der Waals surface area contributed by atoms with Crippen LogP contribution in [0.5, 0.6) is 0 Å². The van der Waals surface area contributed by atoms with Crippen molar-refractivity contribution in [2.45, 2.75) is 38.3 Å². The molecular weight excluding hydrogens is 440 g/mol. The van der Waals surface area contributed by atoms with Crippen molar-refractivity contribution < 1.29 is 14.4 Å². The van der Waals surface area contributed by atoms with Gasteiger partial charge in [-0.05, 0) is 44.4 Å². The van der Waals surface area contributed by atoms with Crippen molar-refractivity contribution in [3.63, 3.8) is 0 Å². The summed E-state index contributed by atoms with van der Waals surface area (Å²) in [6.07, 6.45) is 9.94. The van der Waals surface area contributed by atoms with Gasteiger partial charge in [-0.3, -0.25) is 19.5 Å². The van der Waals surface area contributed by atoms with Crippen molar-refractivity contribution in [2.24, 2.45) is 4.99 Å². The highest BCUT2D eigenvalue weighted by atomic mass is 32.1. The van der Waals surface area contributed by atoms with Crippen LogP contribution in [0.3, 0.4) is 0 Å². The molecule has 3 N–H and O–H groups in total. The number of nitrogens with zero attached hydrogens (tertiary/aromatic N) is 3. The van der Waals surface area contributed by atoms with Crippen LogP contribution in [0.15, 0.2) is 54.5 Å². The lowest BCUT2D eigenvalue weighted by Crippen LogP contribution is -2.48. The number of allylic oxidation sites excluding steroid dienone is 1. The van der Waals surface area contributed by atoms with E-state index in [1.165, 1.54) is 22.3 Å². The van der Waals surface area contributed by atoms with Gasteiger partial charge in [-0.1, -0.05) is 13.2 Å². The monoisotopic (exact) mass is 464 g/mol. The van der Waals surface area contributed by atoms with Gasteiger partial charge in [0.1, 0.15) is 9.71 Å². The molecule has 0 unspecified atom stereocenters. The third-order valence-corrected chi connectivity index (χ3v) is 6.72. The number of carbonyl (C=O) groups is 3. The highest BCUT2D eigenvalue weighted by Gasteiger charge is 2.35. The maximum Gasteiger partial charge on any atom is 0.331 e. The summed E-state index contributed by atoms with van der Waals surface area (Å²) in [5, 5.41) is 9.43. The molecule has 170 valence electrons. The van der Waals surface area contributed by atoms with E-state index < -0.39 is 6.03 Å². The number of rotatable bonds is 7. The van der Waals surface area contributed by atoms with Gasteiger partial charge in [-0.2, -0.15) is 0 Å². The second kappa shape index (κ2) is 9.37. The van der Waals surface area contributed by atoms with Gasteiger partial charge in [0.15, 0.2) is 0 Å². The van der Waals surface area contributed by atoms with Gasteiger partial charge in [0.05, 0.1) is 28.7 Å². The molecule has 1 saturated carbocycles. The number of pyridine rings is 1. The molecule has 10 heteroatoms. The van der Waals surface area contributed by atoms with E-state index in [9.17, 15) is 14.4 Å². The molecule has 1 aliphatic heterocycles. The molecule has 0 spiro atoms. The molecule has 0 bridgehead atoms. The third kappa shape index (κ3) is 4.17. The normalized spacial score (nSPS) is 20.1.